The van der Waals surface area contributed by atoms with Crippen LogP contribution in [0.5, 0.6) is 5.75 Å². The summed E-state index contributed by atoms with van der Waals surface area (Å²) in [5, 5.41) is 1.07. The minimum Gasteiger partial charge on any atom is -0.422 e. The zero-order valence-corrected chi connectivity index (χ0v) is 15.0. The fourth-order valence-electron chi connectivity index (χ4n) is 3.92. The first-order valence-corrected chi connectivity index (χ1v) is 9.48. The third-order valence-electron chi connectivity index (χ3n) is 5.29. The van der Waals surface area contributed by atoms with E-state index in [0.717, 1.165) is 40.9 Å². The molecule has 0 radical (unpaired) electrons. The van der Waals surface area contributed by atoms with E-state index in [1.54, 1.807) is 0 Å². The number of carbonyl (C=O) groups is 1. The molecule has 1 saturated heterocycles. The summed E-state index contributed by atoms with van der Waals surface area (Å²) in [6.07, 6.45) is 5.56. The number of hydrogen-bond donors (Lipinski definition) is 0. The van der Waals surface area contributed by atoms with Crippen LogP contribution in [0, 0.1) is 0 Å². The number of anilines is 1. The second kappa shape index (κ2) is 6.54. The minimum absolute atomic E-state index is 0.297. The maximum absolute atomic E-state index is 12.5. The molecule has 1 fully saturated rings. The highest BCUT2D eigenvalue weighted by Crippen LogP contribution is 2.37. The van der Waals surface area contributed by atoms with Gasteiger partial charge in [0.1, 0.15) is 11.6 Å². The first-order valence-electron chi connectivity index (χ1n) is 9.48. The molecular weight excluding hydrogens is 336 g/mol. The van der Waals surface area contributed by atoms with Crippen molar-refractivity contribution >= 4 is 34.3 Å². The van der Waals surface area contributed by atoms with Crippen LogP contribution in [0.1, 0.15) is 30.4 Å². The van der Waals surface area contributed by atoms with Gasteiger partial charge in [-0.15, -0.1) is 0 Å². The number of hydrogen-bond acceptors (Lipinski definition) is 4. The van der Waals surface area contributed by atoms with Gasteiger partial charge in [0.15, 0.2) is 0 Å². The Labute approximate surface area is 158 Å². The van der Waals surface area contributed by atoms with Crippen molar-refractivity contribution in [2.75, 3.05) is 18.0 Å². The van der Waals surface area contributed by atoms with Crippen molar-refractivity contribution in [2.24, 2.45) is 0 Å². The van der Waals surface area contributed by atoms with E-state index in [0.29, 0.717) is 11.3 Å². The monoisotopic (exact) mass is 356 g/mol. The highest BCUT2D eigenvalue weighted by atomic mass is 16.5. The first-order chi connectivity index (χ1) is 13.3. The molecule has 2 aliphatic rings. The largest absolute Gasteiger partial charge is 0.422 e. The SMILES string of the molecule is O=C1Oc2ccccc2C1=Cc1cc2ccccc2nc1N1CCCCC1. The normalized spacial score (nSPS) is 18.0. The number of benzene rings is 2. The van der Waals surface area contributed by atoms with Crippen LogP contribution in [-0.2, 0) is 4.79 Å². The molecule has 3 heterocycles. The van der Waals surface area contributed by atoms with Crippen molar-refractivity contribution in [2.45, 2.75) is 19.3 Å². The number of pyridine rings is 1. The summed E-state index contributed by atoms with van der Waals surface area (Å²) in [6.45, 7) is 2.01. The van der Waals surface area contributed by atoms with E-state index in [2.05, 4.69) is 17.0 Å². The van der Waals surface area contributed by atoms with Gasteiger partial charge in [0.05, 0.1) is 11.1 Å². The summed E-state index contributed by atoms with van der Waals surface area (Å²) >= 11 is 0. The summed E-state index contributed by atoms with van der Waals surface area (Å²) < 4.78 is 5.42. The number of esters is 1. The Morgan fingerprint density at radius 3 is 2.63 bits per heavy atom. The van der Waals surface area contributed by atoms with Crippen molar-refractivity contribution in [1.82, 2.24) is 4.98 Å². The van der Waals surface area contributed by atoms with Gasteiger partial charge in [0, 0.05) is 29.6 Å². The summed E-state index contributed by atoms with van der Waals surface area (Å²) in [4.78, 5) is 19.8. The third kappa shape index (κ3) is 2.87. The molecular formula is C23H20N2O2. The number of piperidine rings is 1. The van der Waals surface area contributed by atoms with Crippen LogP contribution >= 0.6 is 0 Å². The van der Waals surface area contributed by atoms with Gasteiger partial charge in [0.25, 0.3) is 0 Å². The number of rotatable bonds is 2. The first kappa shape index (κ1) is 16.1. The molecule has 0 atom stereocenters. The van der Waals surface area contributed by atoms with Gasteiger partial charge in [-0.25, -0.2) is 9.78 Å². The molecule has 27 heavy (non-hydrogen) atoms. The molecule has 134 valence electrons. The van der Waals surface area contributed by atoms with Gasteiger partial charge in [-0.1, -0.05) is 36.4 Å². The Balaban J connectivity index is 1.68. The van der Waals surface area contributed by atoms with E-state index >= 15 is 0 Å². The molecule has 0 saturated carbocycles. The summed E-state index contributed by atoms with van der Waals surface area (Å²) in [7, 11) is 0. The lowest BCUT2D eigenvalue weighted by Gasteiger charge is -2.29. The van der Waals surface area contributed by atoms with Crippen LogP contribution in [0.15, 0.2) is 54.6 Å². The van der Waals surface area contributed by atoms with E-state index in [1.807, 2.05) is 48.5 Å². The fourth-order valence-corrected chi connectivity index (χ4v) is 3.92. The minimum atomic E-state index is -0.297. The van der Waals surface area contributed by atoms with E-state index in [1.165, 1.54) is 19.3 Å². The topological polar surface area (TPSA) is 42.4 Å². The molecule has 2 aliphatic heterocycles. The second-order valence-corrected chi connectivity index (χ2v) is 7.09. The molecule has 0 N–H and O–H groups in total. The van der Waals surface area contributed by atoms with E-state index in [9.17, 15) is 4.79 Å². The Morgan fingerprint density at radius 1 is 0.963 bits per heavy atom. The predicted octanol–water partition coefficient (Wildman–Crippen LogP) is 4.68. The predicted molar refractivity (Wildman–Crippen MR) is 108 cm³/mol. The number of aromatic nitrogens is 1. The van der Waals surface area contributed by atoms with Crippen LogP contribution in [0.3, 0.4) is 0 Å². The molecule has 0 aliphatic carbocycles. The lowest BCUT2D eigenvalue weighted by atomic mass is 10.0. The Bertz CT molecular complexity index is 1060. The van der Waals surface area contributed by atoms with Crippen LogP contribution in [0.4, 0.5) is 5.82 Å². The number of nitrogens with zero attached hydrogens (tertiary/aromatic N) is 2. The van der Waals surface area contributed by atoms with Crippen molar-refractivity contribution in [3.05, 3.63) is 65.7 Å². The summed E-state index contributed by atoms with van der Waals surface area (Å²) in [5.74, 6) is 1.29. The van der Waals surface area contributed by atoms with Gasteiger partial charge < -0.3 is 9.64 Å². The molecule has 0 amide bonds. The number of carbonyl (C=O) groups excluding carboxylic acids is 1. The molecule has 3 aromatic rings. The van der Waals surface area contributed by atoms with Gasteiger partial charge in [0.2, 0.25) is 0 Å². The van der Waals surface area contributed by atoms with E-state index < -0.39 is 0 Å². The zero-order valence-electron chi connectivity index (χ0n) is 15.0. The van der Waals surface area contributed by atoms with Gasteiger partial charge in [-0.05, 0) is 43.5 Å². The lowest BCUT2D eigenvalue weighted by molar-refractivity contribution is -0.126. The van der Waals surface area contributed by atoms with Crippen molar-refractivity contribution < 1.29 is 9.53 Å². The maximum Gasteiger partial charge on any atom is 0.344 e. The molecule has 4 heteroatoms. The smallest absolute Gasteiger partial charge is 0.344 e. The highest BCUT2D eigenvalue weighted by molar-refractivity contribution is 6.26. The Kier molecular flexibility index (Phi) is 3.89. The fraction of sp³-hybridized carbons (Fsp3) is 0.217. The van der Waals surface area contributed by atoms with E-state index in [-0.39, 0.29) is 5.97 Å². The van der Waals surface area contributed by atoms with Crippen molar-refractivity contribution in [3.63, 3.8) is 0 Å². The zero-order chi connectivity index (χ0) is 18.2. The van der Waals surface area contributed by atoms with Crippen molar-refractivity contribution in [3.8, 4) is 5.75 Å². The maximum atomic E-state index is 12.5. The lowest BCUT2D eigenvalue weighted by Crippen LogP contribution is -2.30. The molecule has 0 unspecified atom stereocenters. The van der Waals surface area contributed by atoms with Gasteiger partial charge in [-0.2, -0.15) is 0 Å². The number of fused-ring (bicyclic) bond motifs is 2. The van der Waals surface area contributed by atoms with Crippen LogP contribution in [0.25, 0.3) is 22.6 Å². The average Bonchev–Trinajstić information content (AvgIpc) is 3.03. The quantitative estimate of drug-likeness (QED) is 0.380. The highest BCUT2D eigenvalue weighted by Gasteiger charge is 2.27. The average molecular weight is 356 g/mol. The second-order valence-electron chi connectivity index (χ2n) is 7.09. The molecule has 5 rings (SSSR count). The molecule has 1 aromatic heterocycles. The van der Waals surface area contributed by atoms with Crippen LogP contribution < -0.4 is 9.64 Å². The van der Waals surface area contributed by atoms with Gasteiger partial charge in [-0.3, -0.25) is 0 Å². The van der Waals surface area contributed by atoms with Crippen LogP contribution in [0.2, 0.25) is 0 Å². The Hall–Kier alpha value is -3.14. The summed E-state index contributed by atoms with van der Waals surface area (Å²) in [5.41, 5.74) is 3.40. The number of para-hydroxylation sites is 2. The molecule has 0 bridgehead atoms. The summed E-state index contributed by atoms with van der Waals surface area (Å²) in [6, 6.07) is 17.8. The van der Waals surface area contributed by atoms with E-state index in [4.69, 9.17) is 9.72 Å². The molecule has 2 aromatic carbocycles. The third-order valence-corrected chi connectivity index (χ3v) is 5.29. The van der Waals surface area contributed by atoms with Crippen molar-refractivity contribution in [1.29, 1.82) is 0 Å². The molecule has 0 spiro atoms. The van der Waals surface area contributed by atoms with Gasteiger partial charge >= 0.3 is 5.97 Å². The standard InChI is InChI=1S/C23H20N2O2/c26-23-19(18-9-3-5-11-21(18)27-23)15-17-14-16-8-2-4-10-20(16)24-22(17)25-12-6-1-7-13-25/h2-5,8-11,14-15H,1,6-7,12-13H2. The Morgan fingerprint density at radius 2 is 1.74 bits per heavy atom. The van der Waals surface area contributed by atoms with Crippen LogP contribution in [-0.4, -0.2) is 24.0 Å². The molecule has 4 nitrogen and oxygen atoms in total. The number of ether oxygens (including phenoxy) is 1.